The summed E-state index contributed by atoms with van der Waals surface area (Å²) in [7, 11) is 7.90. The van der Waals surface area contributed by atoms with Crippen molar-refractivity contribution in [3.05, 3.63) is 53.2 Å². The van der Waals surface area contributed by atoms with Gasteiger partial charge in [0.1, 0.15) is 5.82 Å². The maximum Gasteiger partial charge on any atom is 0.329 e. The van der Waals surface area contributed by atoms with Gasteiger partial charge in [-0.05, 0) is 69.6 Å². The first-order chi connectivity index (χ1) is 17.4. The van der Waals surface area contributed by atoms with Gasteiger partial charge in [0.2, 0.25) is 0 Å². The number of anilines is 1. The smallest absolute Gasteiger partial charge is 0.329 e. The van der Waals surface area contributed by atoms with Crippen molar-refractivity contribution in [3.63, 3.8) is 0 Å². The molecule has 36 heavy (non-hydrogen) atoms. The number of methoxy groups -OCH3 is 1. The SMILES string of the molecule is COC1CC(n2c(=O)n(C)c3cnc4ccc(-c5ccc(N6CCC(N(C)C)CC6)nc5)cc4c32)C1. The standard InChI is InChI=1S/C28H34N6O2/c1-31(2)20-9-11-33(12-10-20)26-8-6-19(16-30-26)18-5-7-24-23(13-18)27-25(17-29-24)32(3)28(35)34(27)21-14-22(15-21)36-4/h5-8,13,16-17,20-22H,9-12,14-15H2,1-4H3. The van der Waals surface area contributed by atoms with E-state index in [-0.39, 0.29) is 17.8 Å². The molecule has 2 aliphatic rings. The third-order valence-electron chi connectivity index (χ3n) is 8.28. The third-order valence-corrected chi connectivity index (χ3v) is 8.28. The Balaban J connectivity index is 1.35. The topological polar surface area (TPSA) is 68.4 Å². The first-order valence-corrected chi connectivity index (χ1v) is 12.8. The molecule has 0 radical (unpaired) electrons. The highest BCUT2D eigenvalue weighted by atomic mass is 16.5. The molecular weight excluding hydrogens is 452 g/mol. The molecule has 0 bridgehead atoms. The molecule has 1 aliphatic heterocycles. The molecule has 1 aromatic carbocycles. The van der Waals surface area contributed by atoms with Crippen molar-refractivity contribution in [2.24, 2.45) is 7.05 Å². The Morgan fingerprint density at radius 3 is 2.42 bits per heavy atom. The monoisotopic (exact) mass is 486 g/mol. The third kappa shape index (κ3) is 3.79. The number of aromatic nitrogens is 4. The molecule has 2 fully saturated rings. The van der Waals surface area contributed by atoms with Gasteiger partial charge in [0, 0.05) is 56.5 Å². The average Bonchev–Trinajstić information content (AvgIpc) is 3.13. The van der Waals surface area contributed by atoms with Crippen molar-refractivity contribution in [1.29, 1.82) is 0 Å². The van der Waals surface area contributed by atoms with Gasteiger partial charge in [-0.25, -0.2) is 9.78 Å². The summed E-state index contributed by atoms with van der Waals surface area (Å²) in [5.74, 6) is 1.04. The number of pyridine rings is 2. The number of benzene rings is 1. The van der Waals surface area contributed by atoms with Gasteiger partial charge in [-0.2, -0.15) is 0 Å². The highest BCUT2D eigenvalue weighted by Gasteiger charge is 2.33. The molecule has 0 N–H and O–H groups in total. The summed E-state index contributed by atoms with van der Waals surface area (Å²) in [6.45, 7) is 2.07. The lowest BCUT2D eigenvalue weighted by atomic mass is 9.89. The van der Waals surface area contributed by atoms with Crippen molar-refractivity contribution in [1.82, 2.24) is 24.0 Å². The highest BCUT2D eigenvalue weighted by Crippen LogP contribution is 2.37. The van der Waals surface area contributed by atoms with E-state index in [4.69, 9.17) is 9.72 Å². The van der Waals surface area contributed by atoms with Gasteiger partial charge >= 0.3 is 5.69 Å². The van der Waals surface area contributed by atoms with Crippen LogP contribution < -0.4 is 10.6 Å². The van der Waals surface area contributed by atoms with Gasteiger partial charge in [0.25, 0.3) is 0 Å². The molecule has 6 rings (SSSR count). The second-order valence-corrected chi connectivity index (χ2v) is 10.5. The predicted octanol–water partition coefficient (Wildman–Crippen LogP) is 3.83. The highest BCUT2D eigenvalue weighted by molar-refractivity contribution is 6.04. The van der Waals surface area contributed by atoms with Gasteiger partial charge in [0.15, 0.2) is 0 Å². The number of nitrogens with zero attached hydrogens (tertiary/aromatic N) is 6. The maximum absolute atomic E-state index is 13.2. The van der Waals surface area contributed by atoms with E-state index in [0.717, 1.165) is 77.7 Å². The van der Waals surface area contributed by atoms with Crippen molar-refractivity contribution in [3.8, 4) is 11.1 Å². The first kappa shape index (κ1) is 23.2. The minimum atomic E-state index is 0.00770. The quantitative estimate of drug-likeness (QED) is 0.427. The van der Waals surface area contributed by atoms with Crippen molar-refractivity contribution >= 4 is 27.8 Å². The lowest BCUT2D eigenvalue weighted by molar-refractivity contribution is 0.00635. The minimum Gasteiger partial charge on any atom is -0.381 e. The summed E-state index contributed by atoms with van der Waals surface area (Å²) in [6, 6.07) is 11.4. The fraction of sp³-hybridized carbons (Fsp3) is 0.464. The summed E-state index contributed by atoms with van der Waals surface area (Å²) >= 11 is 0. The van der Waals surface area contributed by atoms with E-state index in [2.05, 4.69) is 53.1 Å². The number of hydrogen-bond donors (Lipinski definition) is 0. The molecular formula is C28H34N6O2. The zero-order valence-electron chi connectivity index (χ0n) is 21.5. The van der Waals surface area contributed by atoms with E-state index >= 15 is 0 Å². The molecule has 4 heterocycles. The zero-order valence-corrected chi connectivity index (χ0v) is 21.5. The average molecular weight is 487 g/mol. The fourth-order valence-electron chi connectivity index (χ4n) is 5.84. The second kappa shape index (κ2) is 9.01. The van der Waals surface area contributed by atoms with E-state index in [1.54, 1.807) is 11.7 Å². The van der Waals surface area contributed by atoms with Crippen LogP contribution in [0.15, 0.2) is 47.5 Å². The Kier molecular flexibility index (Phi) is 5.80. The molecule has 0 spiro atoms. The maximum atomic E-state index is 13.2. The number of imidazole rings is 1. The number of aryl methyl sites for hydroxylation is 1. The van der Waals surface area contributed by atoms with Crippen molar-refractivity contribution < 1.29 is 4.74 Å². The molecule has 1 saturated heterocycles. The van der Waals surface area contributed by atoms with Crippen LogP contribution in [0.2, 0.25) is 0 Å². The zero-order chi connectivity index (χ0) is 25.0. The van der Waals surface area contributed by atoms with E-state index in [0.29, 0.717) is 6.04 Å². The molecule has 0 unspecified atom stereocenters. The summed E-state index contributed by atoms with van der Waals surface area (Å²) < 4.78 is 9.15. The largest absolute Gasteiger partial charge is 0.381 e. The molecule has 8 nitrogen and oxygen atoms in total. The summed E-state index contributed by atoms with van der Waals surface area (Å²) in [5, 5.41) is 0.999. The van der Waals surface area contributed by atoms with Crippen LogP contribution >= 0.6 is 0 Å². The predicted molar refractivity (Wildman–Crippen MR) is 144 cm³/mol. The van der Waals surface area contributed by atoms with Crippen LogP contribution in [0.4, 0.5) is 5.82 Å². The van der Waals surface area contributed by atoms with Gasteiger partial charge in [0.05, 0.1) is 28.9 Å². The van der Waals surface area contributed by atoms with Crippen LogP contribution in [-0.4, -0.2) is 70.4 Å². The molecule has 0 amide bonds. The summed E-state index contributed by atoms with van der Waals surface area (Å²) in [5.41, 5.74) is 4.86. The second-order valence-electron chi connectivity index (χ2n) is 10.5. The Morgan fingerprint density at radius 1 is 1.00 bits per heavy atom. The van der Waals surface area contributed by atoms with Crippen LogP contribution in [-0.2, 0) is 11.8 Å². The lowest BCUT2D eigenvalue weighted by Crippen LogP contribution is -2.42. The van der Waals surface area contributed by atoms with E-state index in [9.17, 15) is 4.79 Å². The number of hydrogen-bond acceptors (Lipinski definition) is 6. The van der Waals surface area contributed by atoms with Crippen LogP contribution in [0.1, 0.15) is 31.7 Å². The Bertz CT molecular complexity index is 1460. The van der Waals surface area contributed by atoms with E-state index in [1.165, 1.54) is 0 Å². The molecule has 1 saturated carbocycles. The Morgan fingerprint density at radius 2 is 1.75 bits per heavy atom. The summed E-state index contributed by atoms with van der Waals surface area (Å²) in [4.78, 5) is 27.4. The van der Waals surface area contributed by atoms with Crippen LogP contribution in [0.5, 0.6) is 0 Å². The molecule has 3 aromatic heterocycles. The Hall–Kier alpha value is -3.23. The van der Waals surface area contributed by atoms with Crippen LogP contribution in [0.3, 0.4) is 0 Å². The van der Waals surface area contributed by atoms with Crippen molar-refractivity contribution in [2.45, 2.75) is 43.9 Å². The van der Waals surface area contributed by atoms with Crippen molar-refractivity contribution in [2.75, 3.05) is 39.2 Å². The fourth-order valence-corrected chi connectivity index (χ4v) is 5.84. The minimum absolute atomic E-state index is 0.00770. The van der Waals surface area contributed by atoms with Crippen LogP contribution in [0, 0.1) is 0 Å². The van der Waals surface area contributed by atoms with Gasteiger partial charge in [-0.1, -0.05) is 6.07 Å². The first-order valence-electron chi connectivity index (χ1n) is 12.8. The van der Waals surface area contributed by atoms with Gasteiger partial charge in [-0.3, -0.25) is 14.1 Å². The normalized spacial score (nSPS) is 21.0. The van der Waals surface area contributed by atoms with Crippen LogP contribution in [0.25, 0.3) is 33.1 Å². The number of ether oxygens (including phenoxy) is 1. The number of piperidine rings is 1. The molecule has 0 atom stereocenters. The van der Waals surface area contributed by atoms with Gasteiger partial charge in [-0.15, -0.1) is 0 Å². The van der Waals surface area contributed by atoms with E-state index < -0.39 is 0 Å². The molecule has 1 aliphatic carbocycles. The molecule has 4 aromatic rings. The van der Waals surface area contributed by atoms with E-state index in [1.807, 2.05) is 30.1 Å². The molecule has 8 heteroatoms. The van der Waals surface area contributed by atoms with Gasteiger partial charge < -0.3 is 14.5 Å². The number of rotatable bonds is 5. The Labute approximate surface area is 211 Å². The number of fused-ring (bicyclic) bond motifs is 3. The lowest BCUT2D eigenvalue weighted by Gasteiger charge is -2.35. The molecule has 188 valence electrons. The summed E-state index contributed by atoms with van der Waals surface area (Å²) in [6.07, 6.45) is 8.04.